The minimum absolute atomic E-state index is 0.0834. The standard InChI is InChI=1S/C28H34ClN3O4S/c1-17(2)15-20(16-33)32-23-26(36)31(19-9-7-18(29)8-10-19)14-6-12-28(23)22(25(32)35)21-24(34)30(4)13-5-11-27(21,3)37-28/h5-12,17,20-23,33H,13-16H2,1-4H3/t20-,21-,22+,23?,27+,28+/m1/s1. The third-order valence-corrected chi connectivity index (χ3v) is 10.2. The number of aliphatic hydroxyl groups excluding tert-OH is 1. The number of aliphatic hydroxyl groups is 1. The summed E-state index contributed by atoms with van der Waals surface area (Å²) in [7, 11) is 1.76. The van der Waals surface area contributed by atoms with Crippen LogP contribution < -0.4 is 4.90 Å². The number of benzene rings is 1. The molecule has 0 aliphatic carbocycles. The van der Waals surface area contributed by atoms with Gasteiger partial charge in [-0.25, -0.2) is 0 Å². The molecular weight excluding hydrogens is 510 g/mol. The molecule has 0 radical (unpaired) electrons. The van der Waals surface area contributed by atoms with Gasteiger partial charge in [0.2, 0.25) is 11.8 Å². The van der Waals surface area contributed by atoms with Crippen molar-refractivity contribution in [1.29, 1.82) is 0 Å². The van der Waals surface area contributed by atoms with Gasteiger partial charge in [0.25, 0.3) is 5.91 Å². The molecule has 0 aromatic heterocycles. The van der Waals surface area contributed by atoms with Gasteiger partial charge < -0.3 is 19.8 Å². The van der Waals surface area contributed by atoms with Crippen LogP contribution in [0.4, 0.5) is 5.69 Å². The molecule has 0 bridgehead atoms. The van der Waals surface area contributed by atoms with E-state index in [0.717, 1.165) is 0 Å². The number of halogens is 1. The molecule has 1 N–H and O–H groups in total. The van der Waals surface area contributed by atoms with Crippen LogP contribution in [-0.4, -0.2) is 80.9 Å². The lowest BCUT2D eigenvalue weighted by molar-refractivity contribution is -0.145. The first-order valence-electron chi connectivity index (χ1n) is 12.8. The summed E-state index contributed by atoms with van der Waals surface area (Å²) in [6, 6.07) is 5.71. The zero-order valence-corrected chi connectivity index (χ0v) is 23.2. The molecule has 2 fully saturated rings. The van der Waals surface area contributed by atoms with E-state index in [9.17, 15) is 19.5 Å². The first kappa shape index (κ1) is 26.3. The van der Waals surface area contributed by atoms with Gasteiger partial charge in [-0.05, 0) is 43.5 Å². The van der Waals surface area contributed by atoms with Crippen molar-refractivity contribution in [3.05, 3.63) is 53.6 Å². The Balaban J connectivity index is 1.68. The topological polar surface area (TPSA) is 81.2 Å². The van der Waals surface area contributed by atoms with Crippen LogP contribution in [0.25, 0.3) is 0 Å². The van der Waals surface area contributed by atoms with Crippen molar-refractivity contribution in [2.24, 2.45) is 17.8 Å². The molecule has 0 saturated carbocycles. The van der Waals surface area contributed by atoms with E-state index in [4.69, 9.17) is 11.6 Å². The van der Waals surface area contributed by atoms with Gasteiger partial charge in [0, 0.05) is 35.6 Å². The van der Waals surface area contributed by atoms with Gasteiger partial charge in [-0.1, -0.05) is 49.8 Å². The Bertz CT molecular complexity index is 1170. The lowest BCUT2D eigenvalue weighted by Gasteiger charge is -2.40. The minimum atomic E-state index is -0.933. The number of amides is 3. The fraction of sp³-hybridized carbons (Fsp3) is 0.536. The summed E-state index contributed by atoms with van der Waals surface area (Å²) in [5.41, 5.74) is 0.690. The molecule has 1 aromatic carbocycles. The summed E-state index contributed by atoms with van der Waals surface area (Å²) in [5, 5.41) is 11.0. The van der Waals surface area contributed by atoms with E-state index in [-0.39, 0.29) is 30.2 Å². The van der Waals surface area contributed by atoms with Crippen molar-refractivity contribution < 1.29 is 19.5 Å². The Morgan fingerprint density at radius 2 is 1.70 bits per heavy atom. The predicted molar refractivity (Wildman–Crippen MR) is 146 cm³/mol. The van der Waals surface area contributed by atoms with Crippen LogP contribution in [0.15, 0.2) is 48.6 Å². The Hall–Kier alpha value is -2.29. The number of rotatable bonds is 5. The fourth-order valence-electron chi connectivity index (χ4n) is 6.65. The second-order valence-corrected chi connectivity index (χ2v) is 13.4. The molecule has 7 nitrogen and oxygen atoms in total. The van der Waals surface area contributed by atoms with Crippen molar-refractivity contribution >= 4 is 46.8 Å². The number of hydrogen-bond donors (Lipinski definition) is 1. The smallest absolute Gasteiger partial charge is 0.251 e. The van der Waals surface area contributed by atoms with Crippen molar-refractivity contribution in [1.82, 2.24) is 9.80 Å². The van der Waals surface area contributed by atoms with Gasteiger partial charge in [-0.15, -0.1) is 11.8 Å². The molecule has 1 unspecified atom stereocenters. The maximum Gasteiger partial charge on any atom is 0.251 e. The number of likely N-dealkylation sites (tertiary alicyclic amines) is 1. The molecule has 3 amide bonds. The zero-order chi connectivity index (χ0) is 26.7. The highest BCUT2D eigenvalue weighted by atomic mass is 35.5. The second-order valence-electron chi connectivity index (χ2n) is 11.2. The first-order valence-corrected chi connectivity index (χ1v) is 14.0. The van der Waals surface area contributed by atoms with Crippen LogP contribution in [0.5, 0.6) is 0 Å². The number of thioether (sulfide) groups is 1. The van der Waals surface area contributed by atoms with Crippen molar-refractivity contribution in [3.8, 4) is 0 Å². The maximum absolute atomic E-state index is 14.5. The van der Waals surface area contributed by atoms with Crippen LogP contribution in [0, 0.1) is 17.8 Å². The van der Waals surface area contributed by atoms with Gasteiger partial charge in [0.1, 0.15) is 6.04 Å². The van der Waals surface area contributed by atoms with E-state index >= 15 is 0 Å². The lowest BCUT2D eigenvalue weighted by atomic mass is 9.74. The van der Waals surface area contributed by atoms with Crippen LogP contribution in [0.1, 0.15) is 27.2 Å². The summed E-state index contributed by atoms with van der Waals surface area (Å²) < 4.78 is -1.57. The normalized spacial score (nSPS) is 34.0. The molecule has 37 heavy (non-hydrogen) atoms. The number of likely N-dealkylation sites (N-methyl/N-ethyl adjacent to an activating group) is 1. The summed E-state index contributed by atoms with van der Waals surface area (Å²) in [5.74, 6) is -1.63. The lowest BCUT2D eigenvalue weighted by Crippen LogP contribution is -2.57. The second kappa shape index (κ2) is 9.47. The SMILES string of the molecule is CC(C)C[C@H](CO)N1C(=O)[C@@H]2[C@@H]3C(=O)N(C)CC=C[C@]3(C)S[C@@]23C=CCN(c2ccc(Cl)cc2)C(=O)C13. The van der Waals surface area contributed by atoms with Crippen molar-refractivity contribution in [2.75, 3.05) is 31.6 Å². The number of carbonyl (C=O) groups is 3. The highest BCUT2D eigenvalue weighted by molar-refractivity contribution is 8.02. The summed E-state index contributed by atoms with van der Waals surface area (Å²) in [6.45, 7) is 6.66. The number of carbonyl (C=O) groups excluding carboxylic acids is 3. The summed E-state index contributed by atoms with van der Waals surface area (Å²) in [6.07, 6.45) is 8.54. The van der Waals surface area contributed by atoms with E-state index < -0.39 is 33.4 Å². The largest absolute Gasteiger partial charge is 0.394 e. The van der Waals surface area contributed by atoms with E-state index in [1.807, 2.05) is 45.1 Å². The molecular formula is C28H34ClN3O4S. The fourth-order valence-corrected chi connectivity index (χ4v) is 8.92. The number of fused-ring (bicyclic) bond motifs is 2. The average molecular weight is 544 g/mol. The first-order chi connectivity index (χ1) is 17.5. The Labute approximate surface area is 227 Å². The van der Waals surface area contributed by atoms with Gasteiger partial charge in [-0.3, -0.25) is 14.4 Å². The Morgan fingerprint density at radius 3 is 2.35 bits per heavy atom. The quantitative estimate of drug-likeness (QED) is 0.576. The van der Waals surface area contributed by atoms with Gasteiger partial charge in [0.05, 0.1) is 29.2 Å². The monoisotopic (exact) mass is 543 g/mol. The third kappa shape index (κ3) is 4.03. The van der Waals surface area contributed by atoms with Crippen molar-refractivity contribution in [2.45, 2.75) is 48.8 Å². The van der Waals surface area contributed by atoms with E-state index in [1.165, 1.54) is 0 Å². The van der Waals surface area contributed by atoms with Gasteiger partial charge in [-0.2, -0.15) is 0 Å². The Morgan fingerprint density at radius 1 is 1.03 bits per heavy atom. The third-order valence-electron chi connectivity index (χ3n) is 8.18. The highest BCUT2D eigenvalue weighted by Crippen LogP contribution is 2.66. The van der Waals surface area contributed by atoms with E-state index in [1.54, 1.807) is 57.8 Å². The minimum Gasteiger partial charge on any atom is -0.394 e. The number of nitrogens with zero attached hydrogens (tertiary/aromatic N) is 3. The van der Waals surface area contributed by atoms with Crippen LogP contribution >= 0.6 is 23.4 Å². The molecule has 4 heterocycles. The molecule has 5 rings (SSSR count). The highest BCUT2D eigenvalue weighted by Gasteiger charge is 2.74. The van der Waals surface area contributed by atoms with Crippen LogP contribution in [0.3, 0.4) is 0 Å². The molecule has 1 spiro atoms. The zero-order valence-electron chi connectivity index (χ0n) is 21.6. The Kier molecular flexibility index (Phi) is 6.74. The average Bonchev–Trinajstić information content (AvgIpc) is 3.13. The number of anilines is 1. The van der Waals surface area contributed by atoms with Gasteiger partial charge >= 0.3 is 0 Å². The van der Waals surface area contributed by atoms with Gasteiger partial charge in [0.15, 0.2) is 0 Å². The molecule has 4 aliphatic rings. The summed E-state index contributed by atoms with van der Waals surface area (Å²) >= 11 is 7.67. The van der Waals surface area contributed by atoms with Crippen LogP contribution in [-0.2, 0) is 14.4 Å². The van der Waals surface area contributed by atoms with Crippen LogP contribution in [0.2, 0.25) is 5.02 Å². The maximum atomic E-state index is 14.5. The number of hydrogen-bond acceptors (Lipinski definition) is 5. The molecule has 4 aliphatic heterocycles. The molecule has 9 heteroatoms. The predicted octanol–water partition coefficient (Wildman–Crippen LogP) is 3.37. The van der Waals surface area contributed by atoms with E-state index in [0.29, 0.717) is 30.2 Å². The van der Waals surface area contributed by atoms with E-state index in [2.05, 4.69) is 0 Å². The molecule has 2 saturated heterocycles. The molecule has 1 aromatic rings. The van der Waals surface area contributed by atoms with Crippen molar-refractivity contribution in [3.63, 3.8) is 0 Å². The molecule has 6 atom stereocenters. The summed E-state index contributed by atoms with van der Waals surface area (Å²) in [4.78, 5) is 47.6. The molecule has 198 valence electrons.